The van der Waals surface area contributed by atoms with Crippen molar-refractivity contribution in [2.75, 3.05) is 20.2 Å². The van der Waals surface area contributed by atoms with Crippen LogP contribution in [0.5, 0.6) is 0 Å². The molecule has 1 aliphatic heterocycles. The largest absolute Gasteiger partial charge is 0.375 e. The molecule has 108 valence electrons. The van der Waals surface area contributed by atoms with Gasteiger partial charge in [-0.25, -0.2) is 0 Å². The second-order valence-corrected chi connectivity index (χ2v) is 6.26. The van der Waals surface area contributed by atoms with Crippen molar-refractivity contribution < 1.29 is 4.74 Å². The summed E-state index contributed by atoms with van der Waals surface area (Å²) in [6.07, 6.45) is 5.64. The normalized spacial score (nSPS) is 34.8. The van der Waals surface area contributed by atoms with Crippen molar-refractivity contribution >= 4 is 0 Å². The number of nitrogens with two attached hydrogens (primary N) is 1. The van der Waals surface area contributed by atoms with E-state index in [-0.39, 0.29) is 11.1 Å². The number of hydrogen-bond donors (Lipinski definition) is 1. The van der Waals surface area contributed by atoms with Crippen LogP contribution in [0.4, 0.5) is 0 Å². The third-order valence-corrected chi connectivity index (χ3v) is 4.96. The Balaban J connectivity index is 2.84. The van der Waals surface area contributed by atoms with Gasteiger partial charge in [0.25, 0.3) is 0 Å². The van der Waals surface area contributed by atoms with Crippen molar-refractivity contribution in [1.82, 2.24) is 4.90 Å². The summed E-state index contributed by atoms with van der Waals surface area (Å²) in [5, 5.41) is 0. The van der Waals surface area contributed by atoms with Crippen LogP contribution >= 0.6 is 0 Å². The maximum absolute atomic E-state index is 6.15. The van der Waals surface area contributed by atoms with Crippen LogP contribution in [0.25, 0.3) is 0 Å². The van der Waals surface area contributed by atoms with Gasteiger partial charge in [0.1, 0.15) is 0 Å². The molecule has 0 aromatic carbocycles. The van der Waals surface area contributed by atoms with E-state index in [4.69, 9.17) is 10.5 Å². The van der Waals surface area contributed by atoms with E-state index in [1.165, 1.54) is 12.8 Å². The number of ether oxygens (including phenoxy) is 1. The number of hydrogen-bond acceptors (Lipinski definition) is 3. The summed E-state index contributed by atoms with van der Waals surface area (Å²) in [4.78, 5) is 2.52. The predicted molar refractivity (Wildman–Crippen MR) is 77.8 cm³/mol. The highest BCUT2D eigenvalue weighted by Crippen LogP contribution is 2.38. The van der Waals surface area contributed by atoms with Crippen LogP contribution in [0.2, 0.25) is 0 Å². The molecule has 0 radical (unpaired) electrons. The van der Waals surface area contributed by atoms with Crippen LogP contribution in [0.15, 0.2) is 0 Å². The van der Waals surface area contributed by atoms with E-state index >= 15 is 0 Å². The molecule has 0 aliphatic carbocycles. The van der Waals surface area contributed by atoms with Gasteiger partial charge < -0.3 is 10.5 Å². The molecule has 3 heteroatoms. The fourth-order valence-electron chi connectivity index (χ4n) is 3.25. The Labute approximate surface area is 113 Å². The number of rotatable bonds is 6. The molecule has 18 heavy (non-hydrogen) atoms. The predicted octanol–water partition coefficient (Wildman–Crippen LogP) is 2.78. The molecule has 0 amide bonds. The first kappa shape index (κ1) is 15.9. The molecule has 0 spiro atoms. The molecule has 0 saturated carbocycles. The van der Waals surface area contributed by atoms with Crippen molar-refractivity contribution in [3.63, 3.8) is 0 Å². The van der Waals surface area contributed by atoms with Crippen molar-refractivity contribution in [1.29, 1.82) is 0 Å². The average Bonchev–Trinajstić information content (AvgIpc) is 2.38. The van der Waals surface area contributed by atoms with Crippen LogP contribution in [0.1, 0.15) is 59.8 Å². The van der Waals surface area contributed by atoms with Gasteiger partial charge in [0, 0.05) is 24.7 Å². The molecule has 1 aliphatic rings. The highest BCUT2D eigenvalue weighted by Gasteiger charge is 2.45. The minimum atomic E-state index is -0.00217. The van der Waals surface area contributed by atoms with Crippen LogP contribution < -0.4 is 5.73 Å². The summed E-state index contributed by atoms with van der Waals surface area (Å²) in [7, 11) is 2.24. The highest BCUT2D eigenvalue weighted by molar-refractivity contribution is 5.00. The molecule has 1 rings (SSSR count). The van der Waals surface area contributed by atoms with E-state index in [1.54, 1.807) is 0 Å². The van der Waals surface area contributed by atoms with Gasteiger partial charge in [-0.1, -0.05) is 20.3 Å². The summed E-state index contributed by atoms with van der Waals surface area (Å²) in [6.45, 7) is 10.6. The Morgan fingerprint density at radius 1 is 1.39 bits per heavy atom. The smallest absolute Gasteiger partial charge is 0.0670 e. The van der Waals surface area contributed by atoms with Gasteiger partial charge in [-0.15, -0.1) is 0 Å². The Morgan fingerprint density at radius 2 is 2.06 bits per heavy atom. The summed E-state index contributed by atoms with van der Waals surface area (Å²) in [5.41, 5.74) is 6.27. The standard InChI is InChI=1S/C15H32N2O/c1-6-8-13(3)17(5)15(12-16)9-10-18-14(4,7-2)11-15/h13H,6-12,16H2,1-5H3. The molecule has 0 bridgehead atoms. The fourth-order valence-corrected chi connectivity index (χ4v) is 3.25. The molecule has 0 aromatic rings. The topological polar surface area (TPSA) is 38.5 Å². The van der Waals surface area contributed by atoms with Crippen LogP contribution in [0.3, 0.4) is 0 Å². The monoisotopic (exact) mass is 256 g/mol. The fraction of sp³-hybridized carbons (Fsp3) is 1.00. The summed E-state index contributed by atoms with van der Waals surface area (Å²) >= 11 is 0. The van der Waals surface area contributed by atoms with Gasteiger partial charge in [-0.3, -0.25) is 4.90 Å². The summed E-state index contributed by atoms with van der Waals surface area (Å²) in [6, 6.07) is 0.595. The van der Waals surface area contributed by atoms with Crippen molar-refractivity contribution in [2.45, 2.75) is 77.0 Å². The molecule has 2 N–H and O–H groups in total. The van der Waals surface area contributed by atoms with Crippen LogP contribution in [-0.2, 0) is 4.74 Å². The highest BCUT2D eigenvalue weighted by atomic mass is 16.5. The molecule has 3 atom stereocenters. The van der Waals surface area contributed by atoms with Crippen molar-refractivity contribution in [2.24, 2.45) is 5.73 Å². The average molecular weight is 256 g/mol. The molecule has 0 aromatic heterocycles. The SMILES string of the molecule is CCCC(C)N(C)C1(CN)CCOC(C)(CC)C1. The van der Waals surface area contributed by atoms with Crippen molar-refractivity contribution in [3.8, 4) is 0 Å². The van der Waals surface area contributed by atoms with E-state index in [9.17, 15) is 0 Å². The molecular formula is C15H32N2O. The zero-order valence-electron chi connectivity index (χ0n) is 13.0. The lowest BCUT2D eigenvalue weighted by atomic mass is 9.77. The lowest BCUT2D eigenvalue weighted by Crippen LogP contribution is -2.61. The van der Waals surface area contributed by atoms with Gasteiger partial charge in [-0.2, -0.15) is 0 Å². The van der Waals surface area contributed by atoms with Gasteiger partial charge >= 0.3 is 0 Å². The first-order chi connectivity index (χ1) is 8.43. The third-order valence-electron chi connectivity index (χ3n) is 4.96. The summed E-state index contributed by atoms with van der Waals surface area (Å²) < 4.78 is 5.98. The van der Waals surface area contributed by atoms with E-state index < -0.39 is 0 Å². The Bertz CT molecular complexity index is 259. The van der Waals surface area contributed by atoms with Crippen LogP contribution in [0, 0.1) is 0 Å². The number of nitrogens with zero attached hydrogens (tertiary/aromatic N) is 1. The van der Waals surface area contributed by atoms with Crippen LogP contribution in [-0.4, -0.2) is 42.3 Å². The van der Waals surface area contributed by atoms with Gasteiger partial charge in [-0.05, 0) is 46.6 Å². The minimum absolute atomic E-state index is 0.00217. The molecule has 1 heterocycles. The number of likely N-dealkylation sites (N-methyl/N-ethyl adjacent to an activating group) is 1. The Hall–Kier alpha value is -0.120. The van der Waals surface area contributed by atoms with E-state index in [0.29, 0.717) is 6.04 Å². The molecular weight excluding hydrogens is 224 g/mol. The van der Waals surface area contributed by atoms with E-state index in [1.807, 2.05) is 0 Å². The van der Waals surface area contributed by atoms with Gasteiger partial charge in [0.05, 0.1) is 5.60 Å². The maximum atomic E-state index is 6.15. The zero-order chi connectivity index (χ0) is 13.8. The second-order valence-electron chi connectivity index (χ2n) is 6.26. The third kappa shape index (κ3) is 3.25. The van der Waals surface area contributed by atoms with Gasteiger partial charge in [0.2, 0.25) is 0 Å². The summed E-state index contributed by atoms with van der Waals surface area (Å²) in [5.74, 6) is 0. The molecule has 3 nitrogen and oxygen atoms in total. The second kappa shape index (κ2) is 6.36. The van der Waals surface area contributed by atoms with Crippen molar-refractivity contribution in [3.05, 3.63) is 0 Å². The quantitative estimate of drug-likeness (QED) is 0.794. The van der Waals surface area contributed by atoms with E-state index in [0.717, 1.165) is 32.4 Å². The molecule has 3 unspecified atom stereocenters. The first-order valence-corrected chi connectivity index (χ1v) is 7.50. The first-order valence-electron chi connectivity index (χ1n) is 7.50. The molecule has 1 saturated heterocycles. The van der Waals surface area contributed by atoms with E-state index in [2.05, 4.69) is 39.6 Å². The van der Waals surface area contributed by atoms with Gasteiger partial charge in [0.15, 0.2) is 0 Å². The Kier molecular flexibility index (Phi) is 5.63. The lowest BCUT2D eigenvalue weighted by molar-refractivity contribution is -0.130. The lowest BCUT2D eigenvalue weighted by Gasteiger charge is -2.52. The maximum Gasteiger partial charge on any atom is 0.0670 e. The minimum Gasteiger partial charge on any atom is -0.375 e. The zero-order valence-corrected chi connectivity index (χ0v) is 13.0. The molecule has 1 fully saturated rings. The Morgan fingerprint density at radius 3 is 2.56 bits per heavy atom.